The summed E-state index contributed by atoms with van der Waals surface area (Å²) in [5.41, 5.74) is 0. The summed E-state index contributed by atoms with van der Waals surface area (Å²) in [7, 11) is 7.98. The number of hydrogen-bond acceptors (Lipinski definition) is 2. The van der Waals surface area contributed by atoms with E-state index in [-0.39, 0.29) is 0 Å². The average Bonchev–Trinajstić information content (AvgIpc) is 2.08. The smallest absolute Gasteiger partial charge is 0.0600 e. The van der Waals surface area contributed by atoms with Crippen molar-refractivity contribution in [2.75, 3.05) is 41.3 Å². The van der Waals surface area contributed by atoms with Gasteiger partial charge in [0.2, 0.25) is 0 Å². The first-order valence-corrected chi connectivity index (χ1v) is 4.54. The Morgan fingerprint density at radius 2 is 1.14 bits per heavy atom. The van der Waals surface area contributed by atoms with Crippen molar-refractivity contribution in [1.29, 1.82) is 0 Å². The first kappa shape index (κ1) is 12.8. The quantitative estimate of drug-likeness (QED) is 0.591. The molecule has 14 heavy (non-hydrogen) atoms. The standard InChI is InChI=1S/C12H18N2/c1-13(2)11-9-7-5-6-8-10-12-14(3)4/h5-6H,11-12H2,1-4H3/b6-5+. The molecule has 0 saturated carbocycles. The molecule has 0 heterocycles. The fourth-order valence-electron chi connectivity index (χ4n) is 0.609. The Morgan fingerprint density at radius 3 is 1.43 bits per heavy atom. The van der Waals surface area contributed by atoms with Gasteiger partial charge in [0.1, 0.15) is 0 Å². The molecule has 0 aliphatic heterocycles. The summed E-state index contributed by atoms with van der Waals surface area (Å²) in [5.74, 6) is 11.8. The first-order valence-electron chi connectivity index (χ1n) is 4.54. The normalized spacial score (nSPS) is 9.86. The molecule has 0 amide bonds. The van der Waals surface area contributed by atoms with Gasteiger partial charge in [-0.2, -0.15) is 0 Å². The van der Waals surface area contributed by atoms with Crippen molar-refractivity contribution in [2.24, 2.45) is 0 Å². The molecule has 0 aromatic carbocycles. The monoisotopic (exact) mass is 190 g/mol. The molecule has 0 aromatic heterocycles. The van der Waals surface area contributed by atoms with Gasteiger partial charge >= 0.3 is 0 Å². The minimum absolute atomic E-state index is 0.787. The molecule has 0 spiro atoms. The molecule has 0 atom stereocenters. The second-order valence-corrected chi connectivity index (χ2v) is 3.45. The van der Waals surface area contributed by atoms with Crippen LogP contribution in [0.5, 0.6) is 0 Å². The van der Waals surface area contributed by atoms with E-state index in [0.29, 0.717) is 0 Å². The van der Waals surface area contributed by atoms with Crippen LogP contribution in [0.1, 0.15) is 0 Å². The Hall–Kier alpha value is -1.22. The van der Waals surface area contributed by atoms with Crippen LogP contribution in [0, 0.1) is 23.7 Å². The van der Waals surface area contributed by atoms with Crippen molar-refractivity contribution in [3.8, 4) is 23.7 Å². The van der Waals surface area contributed by atoms with Gasteiger partial charge in [0.25, 0.3) is 0 Å². The highest BCUT2D eigenvalue weighted by Gasteiger charge is 1.79. The average molecular weight is 190 g/mol. The molecule has 76 valence electrons. The molecule has 0 saturated heterocycles. The highest BCUT2D eigenvalue weighted by atomic mass is 15.0. The van der Waals surface area contributed by atoms with Crippen LogP contribution in [-0.4, -0.2) is 51.1 Å². The molecular weight excluding hydrogens is 172 g/mol. The van der Waals surface area contributed by atoms with Gasteiger partial charge in [0, 0.05) is 0 Å². The fourth-order valence-corrected chi connectivity index (χ4v) is 0.609. The third-order valence-electron chi connectivity index (χ3n) is 1.24. The lowest BCUT2D eigenvalue weighted by molar-refractivity contribution is 0.464. The molecule has 0 bridgehead atoms. The van der Waals surface area contributed by atoms with Crippen LogP contribution >= 0.6 is 0 Å². The third-order valence-corrected chi connectivity index (χ3v) is 1.24. The van der Waals surface area contributed by atoms with Gasteiger partial charge in [-0.15, -0.1) is 0 Å². The number of hydrogen-bond donors (Lipinski definition) is 0. The van der Waals surface area contributed by atoms with Gasteiger partial charge in [-0.25, -0.2) is 0 Å². The molecule has 2 nitrogen and oxygen atoms in total. The zero-order valence-corrected chi connectivity index (χ0v) is 9.46. The van der Waals surface area contributed by atoms with Gasteiger partial charge in [-0.05, 0) is 40.3 Å². The highest BCUT2D eigenvalue weighted by Crippen LogP contribution is 1.73. The molecule has 0 radical (unpaired) electrons. The van der Waals surface area contributed by atoms with E-state index in [9.17, 15) is 0 Å². The zero-order chi connectivity index (χ0) is 10.8. The van der Waals surface area contributed by atoms with Gasteiger partial charge in [0.05, 0.1) is 13.1 Å². The van der Waals surface area contributed by atoms with Crippen LogP contribution in [0.2, 0.25) is 0 Å². The summed E-state index contributed by atoms with van der Waals surface area (Å²) < 4.78 is 0. The maximum absolute atomic E-state index is 3.00. The molecule has 0 unspecified atom stereocenters. The van der Waals surface area contributed by atoms with Crippen molar-refractivity contribution in [3.05, 3.63) is 12.2 Å². The van der Waals surface area contributed by atoms with Crippen LogP contribution in [-0.2, 0) is 0 Å². The maximum Gasteiger partial charge on any atom is 0.0600 e. The molecule has 0 fully saturated rings. The van der Waals surface area contributed by atoms with E-state index in [1.54, 1.807) is 12.2 Å². The van der Waals surface area contributed by atoms with E-state index in [4.69, 9.17) is 0 Å². The lowest BCUT2D eigenvalue weighted by atomic mass is 10.4. The molecule has 0 N–H and O–H groups in total. The topological polar surface area (TPSA) is 6.48 Å². The maximum atomic E-state index is 3.00. The number of rotatable bonds is 2. The molecule has 0 aliphatic carbocycles. The summed E-state index contributed by atoms with van der Waals surface area (Å²) in [5, 5.41) is 0. The predicted octanol–water partition coefficient (Wildman–Crippen LogP) is 0.673. The van der Waals surface area contributed by atoms with Gasteiger partial charge in [-0.3, -0.25) is 9.80 Å². The summed E-state index contributed by atoms with van der Waals surface area (Å²) in [6, 6.07) is 0. The van der Waals surface area contributed by atoms with Crippen molar-refractivity contribution < 1.29 is 0 Å². The fraction of sp³-hybridized carbons (Fsp3) is 0.500. The van der Waals surface area contributed by atoms with Crippen LogP contribution in [0.25, 0.3) is 0 Å². The largest absolute Gasteiger partial charge is 0.299 e. The molecule has 0 rings (SSSR count). The van der Waals surface area contributed by atoms with Crippen LogP contribution in [0.4, 0.5) is 0 Å². The summed E-state index contributed by atoms with van der Waals surface area (Å²) in [6.07, 6.45) is 3.57. The van der Waals surface area contributed by atoms with Crippen LogP contribution in [0.3, 0.4) is 0 Å². The predicted molar refractivity (Wildman–Crippen MR) is 61.8 cm³/mol. The Morgan fingerprint density at radius 1 is 0.786 bits per heavy atom. The van der Waals surface area contributed by atoms with E-state index in [1.165, 1.54) is 0 Å². The van der Waals surface area contributed by atoms with E-state index >= 15 is 0 Å². The SMILES string of the molecule is CN(C)CC#C/C=C/C#CCN(C)C. The zero-order valence-electron chi connectivity index (χ0n) is 9.46. The summed E-state index contributed by atoms with van der Waals surface area (Å²) in [6.45, 7) is 1.57. The minimum atomic E-state index is 0.787. The van der Waals surface area contributed by atoms with Crippen molar-refractivity contribution in [1.82, 2.24) is 9.80 Å². The Balaban J connectivity index is 3.69. The van der Waals surface area contributed by atoms with Crippen molar-refractivity contribution >= 4 is 0 Å². The van der Waals surface area contributed by atoms with Gasteiger partial charge < -0.3 is 0 Å². The van der Waals surface area contributed by atoms with Crippen LogP contribution in [0.15, 0.2) is 12.2 Å². The summed E-state index contributed by atoms with van der Waals surface area (Å²) >= 11 is 0. The van der Waals surface area contributed by atoms with E-state index in [0.717, 1.165) is 13.1 Å². The summed E-state index contributed by atoms with van der Waals surface area (Å²) in [4.78, 5) is 4.05. The molecule has 0 aliphatic rings. The highest BCUT2D eigenvalue weighted by molar-refractivity contribution is 5.25. The lowest BCUT2D eigenvalue weighted by Gasteiger charge is -2.00. The van der Waals surface area contributed by atoms with E-state index < -0.39 is 0 Å². The molecular formula is C12H18N2. The van der Waals surface area contributed by atoms with Gasteiger partial charge in [0.15, 0.2) is 0 Å². The Labute approximate surface area is 87.6 Å². The van der Waals surface area contributed by atoms with Crippen molar-refractivity contribution in [2.45, 2.75) is 0 Å². The van der Waals surface area contributed by atoms with Crippen molar-refractivity contribution in [3.63, 3.8) is 0 Å². The number of nitrogens with zero attached hydrogens (tertiary/aromatic N) is 2. The second-order valence-electron chi connectivity index (χ2n) is 3.45. The van der Waals surface area contributed by atoms with E-state index in [1.807, 2.05) is 38.0 Å². The van der Waals surface area contributed by atoms with Crippen LogP contribution < -0.4 is 0 Å². The van der Waals surface area contributed by atoms with Gasteiger partial charge in [-0.1, -0.05) is 23.7 Å². The van der Waals surface area contributed by atoms with E-state index in [2.05, 4.69) is 23.7 Å². The Bertz CT molecular complexity index is 249. The minimum Gasteiger partial charge on any atom is -0.299 e. The lowest BCUT2D eigenvalue weighted by Crippen LogP contribution is -2.10. The third kappa shape index (κ3) is 10.8. The molecule has 2 heteroatoms. The molecule has 0 aromatic rings. The Kier molecular flexibility index (Phi) is 7.65. The number of allylic oxidation sites excluding steroid dienone is 2. The second kappa shape index (κ2) is 8.38. The first-order chi connectivity index (χ1) is 6.63.